The Labute approximate surface area is 462 Å². The third-order valence-corrected chi connectivity index (χ3v) is 15.1. The van der Waals surface area contributed by atoms with Crippen LogP contribution in [0.15, 0.2) is 47.2 Å². The zero-order chi connectivity index (χ0) is 57.2. The second-order valence-corrected chi connectivity index (χ2v) is 23.9. The van der Waals surface area contributed by atoms with E-state index in [4.69, 9.17) is 55.3 Å². The molecule has 4 aromatic heterocycles. The van der Waals surface area contributed by atoms with Gasteiger partial charge in [-0.2, -0.15) is 0 Å². The maximum Gasteiger partial charge on any atom is 0.411 e. The average Bonchev–Trinajstić information content (AvgIpc) is 4.16. The van der Waals surface area contributed by atoms with E-state index in [1.54, 1.807) is 80.9 Å². The van der Waals surface area contributed by atoms with Crippen LogP contribution < -0.4 is 14.2 Å². The number of aliphatic carboxylic acids is 2. The Hall–Kier alpha value is -6.35. The summed E-state index contributed by atoms with van der Waals surface area (Å²) in [4.78, 5) is 69.4. The van der Waals surface area contributed by atoms with Crippen molar-refractivity contribution < 1.29 is 58.2 Å². The van der Waals surface area contributed by atoms with Crippen LogP contribution in [0.3, 0.4) is 0 Å². The molecule has 0 bridgehead atoms. The summed E-state index contributed by atoms with van der Waals surface area (Å²) < 4.78 is 28.0. The van der Waals surface area contributed by atoms with Crippen LogP contribution >= 0.6 is 34.3 Å². The number of fused-ring (bicyclic) bond motifs is 2. The number of nitrogens with zero attached hydrogens (tertiary/aromatic N) is 6. The highest BCUT2D eigenvalue weighted by molar-refractivity contribution is 7.13. The molecule has 21 heteroatoms. The molecule has 2 aliphatic heterocycles. The number of aliphatic hydroxyl groups is 1. The molecular weight excluding hydrogens is 1050 g/mol. The predicted molar refractivity (Wildman–Crippen MR) is 299 cm³/mol. The highest BCUT2D eigenvalue weighted by Gasteiger charge is 2.49. The fourth-order valence-electron chi connectivity index (χ4n) is 8.82. The number of halogens is 1. The van der Waals surface area contributed by atoms with Crippen LogP contribution in [-0.4, -0.2) is 132 Å². The number of benzene rings is 2. The van der Waals surface area contributed by atoms with Crippen molar-refractivity contribution in [2.45, 2.75) is 144 Å². The van der Waals surface area contributed by atoms with E-state index in [9.17, 15) is 29.4 Å². The van der Waals surface area contributed by atoms with E-state index < -0.39 is 71.5 Å². The summed E-state index contributed by atoms with van der Waals surface area (Å²) >= 11 is 9.56. The normalized spacial score (nSPS) is 19.4. The quantitative estimate of drug-likeness (QED) is 0.116. The summed E-state index contributed by atoms with van der Waals surface area (Å²) in [5.74, 6) is -0.463. The molecule has 2 fully saturated rings. The average molecular weight is 1120 g/mol. The largest absolute Gasteiger partial charge is 0.496 e. The standard InChI is InChI=1S/C28H35N3O6S.C17H17ClN2OS.C11H19NO5/c1-14(2)19-13-38-25(30-19)18-11-21(17-9-10-20(35-8)15(3)23(17)29-18)36-22-12-31(24(16(22)4)26(32)33)27(34)37-28(5,6)7;1-9(2)14-8-22-17(20-14)13-7-12(18)11-5-6-15(21-4)10(3)16(11)19-13;1-6-7(13)5-12(8(6)9(14)15)10(16)17-11(2,3)4/h9-11,13-14,16,22,24H,12H2,1-8H3,(H,32,33);5-9H,1-4H3;6-8,13H,5H2,1-4H3,(H,14,15)/t16-,22+,24+;;6-,7+,8+/m1.1/s1. The van der Waals surface area contributed by atoms with E-state index in [-0.39, 0.29) is 19.0 Å². The minimum atomic E-state index is -1.13. The van der Waals surface area contributed by atoms with Crippen molar-refractivity contribution in [3.63, 3.8) is 0 Å². The molecule has 0 saturated carbocycles. The highest BCUT2D eigenvalue weighted by atomic mass is 35.5. The molecule has 8 rings (SSSR count). The van der Waals surface area contributed by atoms with Gasteiger partial charge in [0.15, 0.2) is 0 Å². The van der Waals surface area contributed by atoms with E-state index in [0.29, 0.717) is 33.7 Å². The zero-order valence-electron chi connectivity index (χ0n) is 46.5. The number of carboxylic acid groups (broad SMARTS) is 2. The Morgan fingerprint density at radius 3 is 1.51 bits per heavy atom. The van der Waals surface area contributed by atoms with E-state index in [2.05, 4.69) is 38.1 Å². The summed E-state index contributed by atoms with van der Waals surface area (Å²) in [5, 5.41) is 36.8. The van der Waals surface area contributed by atoms with Crippen molar-refractivity contribution in [1.29, 1.82) is 0 Å². The van der Waals surface area contributed by atoms with Gasteiger partial charge in [-0.1, -0.05) is 53.1 Å². The Kier molecular flexibility index (Phi) is 18.8. The van der Waals surface area contributed by atoms with Gasteiger partial charge in [0.05, 0.1) is 60.9 Å². The van der Waals surface area contributed by atoms with Gasteiger partial charge in [-0.3, -0.25) is 9.80 Å². The molecule has 0 radical (unpaired) electrons. The molecular formula is C56H71ClN6O12S2. The van der Waals surface area contributed by atoms with E-state index >= 15 is 0 Å². The number of rotatable bonds is 10. The Balaban J connectivity index is 0.000000207. The first kappa shape index (κ1) is 59.9. The second kappa shape index (κ2) is 24.1. The number of likely N-dealkylation sites (tertiary alicyclic amines) is 2. The predicted octanol–water partition coefficient (Wildman–Crippen LogP) is 12.0. The lowest BCUT2D eigenvalue weighted by Crippen LogP contribution is -2.45. The van der Waals surface area contributed by atoms with Crippen molar-refractivity contribution in [1.82, 2.24) is 29.7 Å². The first-order valence-electron chi connectivity index (χ1n) is 25.3. The molecule has 2 amide bonds. The number of aliphatic hydroxyl groups excluding tert-OH is 1. The lowest BCUT2D eigenvalue weighted by atomic mass is 10.0. The monoisotopic (exact) mass is 1120 g/mol. The van der Waals surface area contributed by atoms with Crippen molar-refractivity contribution in [3.8, 4) is 38.7 Å². The number of methoxy groups -OCH3 is 2. The van der Waals surface area contributed by atoms with Crippen LogP contribution in [0.5, 0.6) is 17.2 Å². The number of ether oxygens (including phenoxy) is 5. The van der Waals surface area contributed by atoms with Gasteiger partial charge in [0.2, 0.25) is 0 Å². The van der Waals surface area contributed by atoms with Gasteiger partial charge in [-0.25, -0.2) is 39.1 Å². The number of carbonyl (C=O) groups is 4. The van der Waals surface area contributed by atoms with Crippen LogP contribution in [0.25, 0.3) is 43.2 Å². The molecule has 2 saturated heterocycles. The number of thiazole rings is 2. The van der Waals surface area contributed by atoms with Gasteiger partial charge in [-0.05, 0) is 97.6 Å². The number of amides is 2. The maximum atomic E-state index is 12.9. The van der Waals surface area contributed by atoms with Gasteiger partial charge in [0.25, 0.3) is 0 Å². The zero-order valence-corrected chi connectivity index (χ0v) is 48.9. The lowest BCUT2D eigenvalue weighted by molar-refractivity contribution is -0.144. The topological polar surface area (TPSA) is 233 Å². The molecule has 18 nitrogen and oxygen atoms in total. The number of carboxylic acids is 2. The minimum absolute atomic E-state index is 0.00690. The van der Waals surface area contributed by atoms with Crippen molar-refractivity contribution in [3.05, 3.63) is 74.7 Å². The first-order valence-corrected chi connectivity index (χ1v) is 27.4. The van der Waals surface area contributed by atoms with Crippen molar-refractivity contribution in [2.24, 2.45) is 11.8 Å². The van der Waals surface area contributed by atoms with Crippen LogP contribution in [0.4, 0.5) is 9.59 Å². The number of aryl methyl sites for hydroxylation is 2. The molecule has 3 N–H and O–H groups in total. The highest BCUT2D eigenvalue weighted by Crippen LogP contribution is 2.40. The summed E-state index contributed by atoms with van der Waals surface area (Å²) in [7, 11) is 3.28. The molecule has 416 valence electrons. The summed E-state index contributed by atoms with van der Waals surface area (Å²) in [6.45, 7) is 26.2. The second-order valence-electron chi connectivity index (χ2n) is 21.8. The van der Waals surface area contributed by atoms with Crippen molar-refractivity contribution >= 4 is 80.2 Å². The van der Waals surface area contributed by atoms with Gasteiger partial charge in [0.1, 0.15) is 68.0 Å². The summed E-state index contributed by atoms with van der Waals surface area (Å²) in [5.41, 5.74) is 5.52. The number of aromatic nitrogens is 4. The number of carbonyl (C=O) groups excluding carboxylic acids is 2. The Bertz CT molecular complexity index is 3130. The molecule has 0 aliphatic carbocycles. The fourth-order valence-corrected chi connectivity index (χ4v) is 11.0. The molecule has 77 heavy (non-hydrogen) atoms. The molecule has 2 aliphatic rings. The van der Waals surface area contributed by atoms with Gasteiger partial charge >= 0.3 is 24.1 Å². The van der Waals surface area contributed by atoms with Crippen molar-refractivity contribution in [2.75, 3.05) is 27.3 Å². The first-order chi connectivity index (χ1) is 35.9. The van der Waals surface area contributed by atoms with Crippen LogP contribution in [0.1, 0.15) is 117 Å². The molecule has 6 atom stereocenters. The third kappa shape index (κ3) is 13.9. The lowest BCUT2D eigenvalue weighted by Gasteiger charge is -2.27. The van der Waals surface area contributed by atoms with Crippen LogP contribution in [-0.2, 0) is 19.1 Å². The van der Waals surface area contributed by atoms with E-state index in [1.165, 1.54) is 16.2 Å². The van der Waals surface area contributed by atoms with Gasteiger partial charge in [0, 0.05) is 50.6 Å². The molecule has 6 heterocycles. The number of pyridine rings is 2. The number of β-amino-alcohol motifs (C(OH)–C–C–N with tert-alkyl or cyclic N) is 1. The molecule has 6 aromatic rings. The smallest absolute Gasteiger partial charge is 0.411 e. The third-order valence-electron chi connectivity index (χ3n) is 13.0. The molecule has 2 aromatic carbocycles. The summed E-state index contributed by atoms with van der Waals surface area (Å²) in [6.07, 6.45) is -2.78. The molecule has 0 unspecified atom stereocenters. The van der Waals surface area contributed by atoms with E-state index in [0.717, 1.165) is 65.2 Å². The minimum Gasteiger partial charge on any atom is -0.496 e. The summed E-state index contributed by atoms with van der Waals surface area (Å²) in [6, 6.07) is 9.24. The SMILES string of the molecule is COc1ccc2c(Cl)cc(-c3nc(C(C)C)cs3)nc2c1C.COc1ccc2c(O[C@H]3CN(C(=O)OC(C)(C)C)[C@H](C(=O)O)[C@@H]3C)cc(-c3nc(C(C)C)cs3)nc2c1C.C[C@H]1[C@@H](C(=O)O)N(C(=O)OC(C)(C)C)C[C@@H]1O. The van der Waals surface area contributed by atoms with Gasteiger partial charge in [-0.15, -0.1) is 22.7 Å². The maximum absolute atomic E-state index is 12.9. The number of hydrogen-bond donors (Lipinski definition) is 3. The van der Waals surface area contributed by atoms with E-state index in [1.807, 2.05) is 55.6 Å². The Morgan fingerprint density at radius 1 is 0.649 bits per heavy atom. The van der Waals surface area contributed by atoms with Crippen LogP contribution in [0.2, 0.25) is 5.02 Å². The van der Waals surface area contributed by atoms with Crippen LogP contribution in [0, 0.1) is 25.7 Å². The van der Waals surface area contributed by atoms with Gasteiger partial charge < -0.3 is 39.0 Å². The molecule has 0 spiro atoms. The Morgan fingerprint density at radius 2 is 1.08 bits per heavy atom. The fraction of sp³-hybridized carbons (Fsp3) is 0.500. The number of hydrogen-bond acceptors (Lipinski definition) is 16.